The number of anilines is 1. The van der Waals surface area contributed by atoms with Crippen molar-refractivity contribution in [1.29, 1.82) is 0 Å². The van der Waals surface area contributed by atoms with E-state index in [0.29, 0.717) is 5.82 Å². The molecule has 0 aliphatic rings. The van der Waals surface area contributed by atoms with Gasteiger partial charge in [-0.15, -0.1) is 0 Å². The van der Waals surface area contributed by atoms with E-state index in [4.69, 9.17) is 5.73 Å². The monoisotopic (exact) mass is 188 g/mol. The summed E-state index contributed by atoms with van der Waals surface area (Å²) in [5, 5.41) is 4.11. The van der Waals surface area contributed by atoms with Crippen LogP contribution < -0.4 is 5.73 Å². The molecule has 0 saturated heterocycles. The molecule has 0 bridgehead atoms. The Morgan fingerprint density at radius 3 is 2.93 bits per heavy atom. The van der Waals surface area contributed by atoms with Crippen molar-refractivity contribution in [3.8, 4) is 0 Å². The largest absolute Gasteiger partial charge is 0.384 e. The van der Waals surface area contributed by atoms with Gasteiger partial charge in [-0.2, -0.15) is 5.10 Å². The molecule has 0 saturated carbocycles. The zero-order valence-corrected chi connectivity index (χ0v) is 8.01. The summed E-state index contributed by atoms with van der Waals surface area (Å²) in [7, 11) is 1.91. The number of aromatic nitrogens is 3. The number of aryl methyl sites for hydroxylation is 1. The van der Waals surface area contributed by atoms with Crippen LogP contribution >= 0.6 is 0 Å². The van der Waals surface area contributed by atoms with E-state index >= 15 is 0 Å². The van der Waals surface area contributed by atoms with Crippen LogP contribution in [0.1, 0.15) is 11.1 Å². The Morgan fingerprint density at radius 2 is 2.29 bits per heavy atom. The lowest BCUT2D eigenvalue weighted by molar-refractivity contribution is 0.767. The predicted octanol–water partition coefficient (Wildman–Crippen LogP) is 0.988. The van der Waals surface area contributed by atoms with E-state index in [1.165, 1.54) is 5.56 Å². The average molecular weight is 188 g/mol. The van der Waals surface area contributed by atoms with Gasteiger partial charge in [0.2, 0.25) is 0 Å². The number of nitrogens with two attached hydrogens (primary N) is 1. The lowest BCUT2D eigenvalue weighted by atomic mass is 10.1. The molecule has 0 aliphatic heterocycles. The molecule has 0 aliphatic carbocycles. The maximum atomic E-state index is 5.59. The first-order valence-electron chi connectivity index (χ1n) is 4.42. The molecule has 0 radical (unpaired) electrons. The number of nitrogens with zero attached hydrogens (tertiary/aromatic N) is 3. The topological polar surface area (TPSA) is 56.7 Å². The fourth-order valence-corrected chi connectivity index (χ4v) is 1.40. The number of pyridine rings is 1. The highest BCUT2D eigenvalue weighted by Gasteiger charge is 1.99. The van der Waals surface area contributed by atoms with Crippen LogP contribution in [0.4, 0.5) is 5.82 Å². The van der Waals surface area contributed by atoms with E-state index in [1.54, 1.807) is 10.9 Å². The lowest BCUT2D eigenvalue weighted by Gasteiger charge is -1.98. The van der Waals surface area contributed by atoms with Gasteiger partial charge in [0.05, 0.1) is 6.20 Å². The van der Waals surface area contributed by atoms with E-state index in [0.717, 1.165) is 12.0 Å². The van der Waals surface area contributed by atoms with Crippen LogP contribution in [-0.4, -0.2) is 14.8 Å². The molecule has 14 heavy (non-hydrogen) atoms. The first kappa shape index (κ1) is 8.74. The number of hydrogen-bond acceptors (Lipinski definition) is 3. The van der Waals surface area contributed by atoms with Gasteiger partial charge < -0.3 is 5.73 Å². The molecule has 2 N–H and O–H groups in total. The molecular formula is C10H12N4. The van der Waals surface area contributed by atoms with Gasteiger partial charge in [0.1, 0.15) is 5.82 Å². The van der Waals surface area contributed by atoms with Gasteiger partial charge in [-0.25, -0.2) is 4.98 Å². The van der Waals surface area contributed by atoms with Gasteiger partial charge in [-0.05, 0) is 23.3 Å². The van der Waals surface area contributed by atoms with Crippen molar-refractivity contribution >= 4 is 5.82 Å². The lowest BCUT2D eigenvalue weighted by Crippen LogP contribution is -1.92. The van der Waals surface area contributed by atoms with Crippen molar-refractivity contribution in [2.45, 2.75) is 6.42 Å². The first-order chi connectivity index (χ1) is 6.74. The summed E-state index contributed by atoms with van der Waals surface area (Å²) in [5.41, 5.74) is 7.92. The smallest absolute Gasteiger partial charge is 0.123 e. The van der Waals surface area contributed by atoms with E-state index in [9.17, 15) is 0 Å². The Hall–Kier alpha value is -1.84. The zero-order chi connectivity index (χ0) is 9.97. The minimum absolute atomic E-state index is 0.561. The van der Waals surface area contributed by atoms with Crippen LogP contribution in [0.5, 0.6) is 0 Å². The maximum Gasteiger partial charge on any atom is 0.123 e. The van der Waals surface area contributed by atoms with Gasteiger partial charge in [-0.3, -0.25) is 4.68 Å². The minimum Gasteiger partial charge on any atom is -0.384 e. The summed E-state index contributed by atoms with van der Waals surface area (Å²) in [6.45, 7) is 0. The van der Waals surface area contributed by atoms with Crippen LogP contribution in [0, 0.1) is 0 Å². The Kier molecular flexibility index (Phi) is 2.18. The van der Waals surface area contributed by atoms with E-state index < -0.39 is 0 Å². The Labute approximate surface area is 82.4 Å². The summed E-state index contributed by atoms with van der Waals surface area (Å²) in [6, 6.07) is 3.84. The fourth-order valence-electron chi connectivity index (χ4n) is 1.40. The molecule has 2 aromatic rings. The van der Waals surface area contributed by atoms with E-state index in [1.807, 2.05) is 31.6 Å². The molecular weight excluding hydrogens is 176 g/mol. The molecule has 2 rings (SSSR count). The van der Waals surface area contributed by atoms with E-state index in [-0.39, 0.29) is 0 Å². The van der Waals surface area contributed by atoms with Crippen LogP contribution in [0.25, 0.3) is 0 Å². The molecule has 0 aromatic carbocycles. The summed E-state index contributed by atoms with van der Waals surface area (Å²) >= 11 is 0. The third kappa shape index (κ3) is 1.90. The second-order valence-corrected chi connectivity index (χ2v) is 3.29. The Bertz CT molecular complexity index is 433. The molecule has 72 valence electrons. The summed E-state index contributed by atoms with van der Waals surface area (Å²) < 4.78 is 1.79. The van der Waals surface area contributed by atoms with Crippen LogP contribution in [-0.2, 0) is 13.5 Å². The van der Waals surface area contributed by atoms with Crippen molar-refractivity contribution in [2.24, 2.45) is 7.05 Å². The molecule has 2 heterocycles. The highest BCUT2D eigenvalue weighted by molar-refractivity contribution is 5.34. The van der Waals surface area contributed by atoms with E-state index in [2.05, 4.69) is 10.1 Å². The van der Waals surface area contributed by atoms with Gasteiger partial charge in [0.15, 0.2) is 0 Å². The Balaban J connectivity index is 2.18. The summed E-state index contributed by atoms with van der Waals surface area (Å²) in [4.78, 5) is 3.94. The molecule has 0 fully saturated rings. The van der Waals surface area contributed by atoms with Gasteiger partial charge in [-0.1, -0.05) is 0 Å². The summed E-state index contributed by atoms with van der Waals surface area (Å²) in [5.74, 6) is 0.561. The maximum absolute atomic E-state index is 5.59. The molecule has 4 nitrogen and oxygen atoms in total. The van der Waals surface area contributed by atoms with Crippen molar-refractivity contribution in [3.05, 3.63) is 41.9 Å². The fraction of sp³-hybridized carbons (Fsp3) is 0.200. The predicted molar refractivity (Wildman–Crippen MR) is 54.7 cm³/mol. The van der Waals surface area contributed by atoms with Crippen LogP contribution in [0.2, 0.25) is 0 Å². The second kappa shape index (κ2) is 3.49. The molecule has 0 spiro atoms. The van der Waals surface area contributed by atoms with Crippen LogP contribution in [0.3, 0.4) is 0 Å². The third-order valence-corrected chi connectivity index (χ3v) is 2.01. The third-order valence-electron chi connectivity index (χ3n) is 2.01. The summed E-state index contributed by atoms with van der Waals surface area (Å²) in [6.07, 6.45) is 6.43. The molecule has 4 heteroatoms. The normalized spacial score (nSPS) is 10.4. The van der Waals surface area contributed by atoms with Gasteiger partial charge >= 0.3 is 0 Å². The number of hydrogen-bond donors (Lipinski definition) is 1. The zero-order valence-electron chi connectivity index (χ0n) is 8.01. The molecule has 0 amide bonds. The van der Waals surface area contributed by atoms with Crippen molar-refractivity contribution in [1.82, 2.24) is 14.8 Å². The standard InChI is InChI=1S/C10H12N4/c1-14-7-9(6-13-14)4-8-2-3-12-10(11)5-8/h2-3,5-7H,4H2,1H3,(H2,11,12). The first-order valence-corrected chi connectivity index (χ1v) is 4.42. The highest BCUT2D eigenvalue weighted by atomic mass is 15.2. The average Bonchev–Trinajstić information content (AvgIpc) is 2.51. The quantitative estimate of drug-likeness (QED) is 0.764. The van der Waals surface area contributed by atoms with Gasteiger partial charge in [0, 0.05) is 25.9 Å². The minimum atomic E-state index is 0.561. The van der Waals surface area contributed by atoms with Crippen molar-refractivity contribution in [2.75, 3.05) is 5.73 Å². The van der Waals surface area contributed by atoms with Crippen molar-refractivity contribution < 1.29 is 0 Å². The van der Waals surface area contributed by atoms with Gasteiger partial charge in [0.25, 0.3) is 0 Å². The molecule has 2 aromatic heterocycles. The highest BCUT2D eigenvalue weighted by Crippen LogP contribution is 2.09. The molecule has 0 unspecified atom stereocenters. The molecule has 0 atom stereocenters. The second-order valence-electron chi connectivity index (χ2n) is 3.29. The van der Waals surface area contributed by atoms with Crippen molar-refractivity contribution in [3.63, 3.8) is 0 Å². The van der Waals surface area contributed by atoms with Crippen LogP contribution in [0.15, 0.2) is 30.7 Å². The SMILES string of the molecule is Cn1cc(Cc2ccnc(N)c2)cn1. The number of rotatable bonds is 2. The Morgan fingerprint density at radius 1 is 1.43 bits per heavy atom. The number of nitrogen functional groups attached to an aromatic ring is 1.